The summed E-state index contributed by atoms with van der Waals surface area (Å²) < 4.78 is 0. The second kappa shape index (κ2) is 2.83. The highest BCUT2D eigenvalue weighted by molar-refractivity contribution is 7.11. The van der Waals surface area contributed by atoms with Crippen LogP contribution in [0.4, 0.5) is 0 Å². The van der Waals surface area contributed by atoms with E-state index < -0.39 is 0 Å². The van der Waals surface area contributed by atoms with E-state index in [4.69, 9.17) is 5.11 Å². The zero-order valence-electron chi connectivity index (χ0n) is 6.21. The third kappa shape index (κ3) is 1.39. The van der Waals surface area contributed by atoms with E-state index in [2.05, 4.69) is 5.32 Å². The fraction of sp³-hybridized carbons (Fsp3) is 0.500. The van der Waals surface area contributed by atoms with Crippen molar-refractivity contribution in [2.75, 3.05) is 6.54 Å². The third-order valence-electron chi connectivity index (χ3n) is 2.07. The molecule has 0 spiro atoms. The normalized spacial score (nSPS) is 24.2. The van der Waals surface area contributed by atoms with Crippen LogP contribution in [-0.4, -0.2) is 11.7 Å². The predicted molar refractivity (Wildman–Crippen MR) is 46.0 cm³/mol. The Morgan fingerprint density at radius 3 is 3.09 bits per heavy atom. The van der Waals surface area contributed by atoms with Crippen LogP contribution in [0.1, 0.15) is 24.4 Å². The molecular weight excluding hydrogens is 158 g/mol. The van der Waals surface area contributed by atoms with Crippen molar-refractivity contribution in [2.24, 2.45) is 0 Å². The van der Waals surface area contributed by atoms with Gasteiger partial charge in [-0.2, -0.15) is 0 Å². The average molecular weight is 169 g/mol. The largest absolute Gasteiger partial charge is 0.499 e. The smallest absolute Gasteiger partial charge is 0.171 e. The fourth-order valence-corrected chi connectivity index (χ4v) is 2.18. The van der Waals surface area contributed by atoms with Crippen molar-refractivity contribution in [3.63, 3.8) is 0 Å². The van der Waals surface area contributed by atoms with Gasteiger partial charge in [-0.1, -0.05) is 0 Å². The molecule has 11 heavy (non-hydrogen) atoms. The van der Waals surface area contributed by atoms with Gasteiger partial charge in [0.25, 0.3) is 0 Å². The number of nitrogens with one attached hydrogen (secondary N) is 1. The summed E-state index contributed by atoms with van der Waals surface area (Å²) in [6.45, 7) is 1.11. The minimum Gasteiger partial charge on any atom is -0.499 e. The highest BCUT2D eigenvalue weighted by Crippen LogP contribution is 2.30. The first-order chi connectivity index (χ1) is 5.36. The van der Waals surface area contributed by atoms with Gasteiger partial charge < -0.3 is 10.4 Å². The quantitative estimate of drug-likeness (QED) is 0.672. The Labute approximate surface area is 69.9 Å². The van der Waals surface area contributed by atoms with Crippen LogP contribution in [0.15, 0.2) is 11.4 Å². The number of hydrogen-bond donors (Lipinski definition) is 2. The molecule has 0 bridgehead atoms. The molecule has 3 heteroatoms. The predicted octanol–water partition coefficient (Wildman–Crippen LogP) is 1.88. The van der Waals surface area contributed by atoms with Crippen molar-refractivity contribution < 1.29 is 5.11 Å². The van der Waals surface area contributed by atoms with E-state index in [9.17, 15) is 0 Å². The first-order valence-corrected chi connectivity index (χ1v) is 4.75. The van der Waals surface area contributed by atoms with Crippen molar-refractivity contribution in [2.45, 2.75) is 18.9 Å². The first-order valence-electron chi connectivity index (χ1n) is 3.87. The molecule has 0 amide bonds. The van der Waals surface area contributed by atoms with Crippen molar-refractivity contribution >= 4 is 11.3 Å². The number of rotatable bonds is 1. The maximum Gasteiger partial charge on any atom is 0.171 e. The molecule has 1 aliphatic rings. The second-order valence-corrected chi connectivity index (χ2v) is 3.76. The monoisotopic (exact) mass is 169 g/mol. The Hall–Kier alpha value is -0.540. The van der Waals surface area contributed by atoms with E-state index in [1.807, 2.05) is 11.4 Å². The first kappa shape index (κ1) is 7.13. The van der Waals surface area contributed by atoms with Crippen LogP contribution in [0.2, 0.25) is 0 Å². The summed E-state index contributed by atoms with van der Waals surface area (Å²) >= 11 is 1.41. The molecule has 1 aromatic rings. The van der Waals surface area contributed by atoms with Crippen molar-refractivity contribution in [1.29, 1.82) is 0 Å². The molecule has 1 saturated heterocycles. The summed E-state index contributed by atoms with van der Waals surface area (Å²) in [6.07, 6.45) is 2.46. The number of aromatic hydroxyl groups is 1. The Morgan fingerprint density at radius 1 is 1.64 bits per heavy atom. The van der Waals surface area contributed by atoms with E-state index >= 15 is 0 Å². The Balaban J connectivity index is 2.15. The fourth-order valence-electron chi connectivity index (χ4n) is 1.49. The lowest BCUT2D eigenvalue weighted by Crippen LogP contribution is -2.11. The summed E-state index contributed by atoms with van der Waals surface area (Å²) in [5.74, 6) is 0. The Bertz CT molecular complexity index is 240. The molecule has 1 fully saturated rings. The van der Waals surface area contributed by atoms with Gasteiger partial charge in [0.05, 0.1) is 0 Å². The molecule has 0 aliphatic carbocycles. The maximum absolute atomic E-state index is 9.10. The second-order valence-electron chi connectivity index (χ2n) is 2.87. The topological polar surface area (TPSA) is 32.3 Å². The molecule has 2 N–H and O–H groups in total. The van der Waals surface area contributed by atoms with Crippen LogP contribution in [0.3, 0.4) is 0 Å². The summed E-state index contributed by atoms with van der Waals surface area (Å²) in [5.41, 5.74) is 1.24. The minimum atomic E-state index is 0.425. The van der Waals surface area contributed by atoms with E-state index in [0.29, 0.717) is 11.1 Å². The van der Waals surface area contributed by atoms with Crippen molar-refractivity contribution in [3.8, 4) is 5.06 Å². The molecule has 2 rings (SSSR count). The summed E-state index contributed by atoms with van der Waals surface area (Å²) in [7, 11) is 0. The molecule has 1 atom stereocenters. The maximum atomic E-state index is 9.10. The SMILES string of the molecule is Oc1cc(C2CCCN2)cs1. The van der Waals surface area contributed by atoms with Gasteiger partial charge >= 0.3 is 0 Å². The summed E-state index contributed by atoms with van der Waals surface area (Å²) in [4.78, 5) is 0. The standard InChI is InChI=1S/C8H11NOS/c10-8-4-6(5-11-8)7-2-1-3-9-7/h4-5,7,9-10H,1-3H2. The number of hydrogen-bond acceptors (Lipinski definition) is 3. The van der Waals surface area contributed by atoms with Gasteiger partial charge in [-0.05, 0) is 36.4 Å². The van der Waals surface area contributed by atoms with Gasteiger partial charge in [0.15, 0.2) is 5.06 Å². The highest BCUT2D eigenvalue weighted by atomic mass is 32.1. The van der Waals surface area contributed by atoms with Gasteiger partial charge in [0, 0.05) is 6.04 Å². The lowest BCUT2D eigenvalue weighted by atomic mass is 10.1. The van der Waals surface area contributed by atoms with Gasteiger partial charge in [0.2, 0.25) is 0 Å². The zero-order chi connectivity index (χ0) is 7.68. The molecule has 60 valence electrons. The van der Waals surface area contributed by atoms with Gasteiger partial charge in [0.1, 0.15) is 0 Å². The van der Waals surface area contributed by atoms with Crippen LogP contribution < -0.4 is 5.32 Å². The lowest BCUT2D eigenvalue weighted by Gasteiger charge is -2.05. The Kier molecular flexibility index (Phi) is 1.84. The summed E-state index contributed by atoms with van der Waals surface area (Å²) in [6, 6.07) is 2.35. The van der Waals surface area contributed by atoms with Gasteiger partial charge in [-0.3, -0.25) is 0 Å². The average Bonchev–Trinajstić information content (AvgIpc) is 2.55. The van der Waals surface area contributed by atoms with Crippen LogP contribution in [0.25, 0.3) is 0 Å². The molecular formula is C8H11NOS. The van der Waals surface area contributed by atoms with Crippen LogP contribution in [-0.2, 0) is 0 Å². The molecule has 1 unspecified atom stereocenters. The molecule has 0 radical (unpaired) electrons. The zero-order valence-corrected chi connectivity index (χ0v) is 7.03. The van der Waals surface area contributed by atoms with Crippen LogP contribution in [0, 0.1) is 0 Å². The van der Waals surface area contributed by atoms with Crippen molar-refractivity contribution in [3.05, 3.63) is 17.0 Å². The molecule has 2 nitrogen and oxygen atoms in total. The highest BCUT2D eigenvalue weighted by Gasteiger charge is 2.16. The van der Waals surface area contributed by atoms with E-state index in [1.54, 1.807) is 0 Å². The lowest BCUT2D eigenvalue weighted by molar-refractivity contribution is 0.489. The molecule has 0 aromatic carbocycles. The minimum absolute atomic E-state index is 0.425. The van der Waals surface area contributed by atoms with Crippen LogP contribution >= 0.6 is 11.3 Å². The van der Waals surface area contributed by atoms with Crippen LogP contribution in [0.5, 0.6) is 5.06 Å². The van der Waals surface area contributed by atoms with E-state index in [1.165, 1.54) is 29.7 Å². The van der Waals surface area contributed by atoms with Crippen molar-refractivity contribution in [1.82, 2.24) is 5.32 Å². The summed E-state index contributed by atoms with van der Waals surface area (Å²) in [5, 5.41) is 14.9. The van der Waals surface area contributed by atoms with E-state index in [-0.39, 0.29) is 0 Å². The van der Waals surface area contributed by atoms with Gasteiger partial charge in [-0.25, -0.2) is 0 Å². The van der Waals surface area contributed by atoms with Gasteiger partial charge in [-0.15, -0.1) is 11.3 Å². The molecule has 0 saturated carbocycles. The molecule has 1 aliphatic heterocycles. The van der Waals surface area contributed by atoms with E-state index in [0.717, 1.165) is 6.54 Å². The molecule has 1 aromatic heterocycles. The molecule has 2 heterocycles. The number of thiophene rings is 1. The third-order valence-corrected chi connectivity index (χ3v) is 2.82. The Morgan fingerprint density at radius 2 is 2.55 bits per heavy atom.